The van der Waals surface area contributed by atoms with E-state index < -0.39 is 6.85 Å². The smallest absolute Gasteiger partial charge is 0.144 e. The Bertz CT molecular complexity index is 1390. The summed E-state index contributed by atoms with van der Waals surface area (Å²) in [4.78, 5) is 4.45. The van der Waals surface area contributed by atoms with E-state index in [4.69, 9.17) is 8.53 Å². The van der Waals surface area contributed by atoms with E-state index in [2.05, 4.69) is 4.98 Å². The molecule has 0 aliphatic rings. The Labute approximate surface area is 160 Å². The molecule has 0 bridgehead atoms. The Kier molecular flexibility index (Phi) is 2.88. The van der Waals surface area contributed by atoms with Gasteiger partial charge in [-0.15, -0.1) is 0 Å². The van der Waals surface area contributed by atoms with Crippen LogP contribution in [-0.2, 0) is 0 Å². The Morgan fingerprint density at radius 2 is 1.78 bits per heavy atom. The van der Waals surface area contributed by atoms with Crippen molar-refractivity contribution in [1.29, 1.82) is 0 Å². The molecule has 5 rings (SSSR count). The molecule has 2 aromatic heterocycles. The largest absolute Gasteiger partial charge is 0.455 e. The van der Waals surface area contributed by atoms with Crippen molar-refractivity contribution >= 4 is 21.9 Å². The van der Waals surface area contributed by atoms with Crippen molar-refractivity contribution in [3.8, 4) is 22.4 Å². The number of furan rings is 1. The Morgan fingerprint density at radius 1 is 0.889 bits per heavy atom. The van der Waals surface area contributed by atoms with E-state index in [1.807, 2.05) is 48.5 Å². The van der Waals surface area contributed by atoms with Gasteiger partial charge in [-0.05, 0) is 47.8 Å². The first-order chi connectivity index (χ1) is 14.4. The Morgan fingerprint density at radius 3 is 2.63 bits per heavy atom. The van der Waals surface area contributed by atoms with Gasteiger partial charge in [0.1, 0.15) is 17.0 Å². The number of pyridine rings is 1. The summed E-state index contributed by atoms with van der Waals surface area (Å²) in [6.45, 7) is -2.29. The normalized spacial score (nSPS) is 13.4. The molecular weight excluding hydrogens is 337 g/mol. The van der Waals surface area contributed by atoms with Gasteiger partial charge in [0.2, 0.25) is 0 Å². The van der Waals surface area contributed by atoms with Crippen molar-refractivity contribution in [3.05, 3.63) is 90.4 Å². The Balaban J connectivity index is 1.77. The lowest BCUT2D eigenvalue weighted by Gasteiger charge is -2.09. The number of aryl methyl sites for hydroxylation is 1. The van der Waals surface area contributed by atoms with Crippen LogP contribution in [0.25, 0.3) is 44.3 Å². The second-order valence-corrected chi connectivity index (χ2v) is 6.41. The molecule has 5 aromatic rings. The molecule has 2 heterocycles. The van der Waals surface area contributed by atoms with Gasteiger partial charge in [-0.25, -0.2) is 4.39 Å². The van der Waals surface area contributed by atoms with E-state index in [0.29, 0.717) is 22.4 Å². The maximum absolute atomic E-state index is 13.7. The monoisotopic (exact) mass is 356 g/mol. The molecule has 0 unspecified atom stereocenters. The maximum Gasteiger partial charge on any atom is 0.144 e. The number of para-hydroxylation sites is 1. The SMILES string of the molecule is [2H]C([2H])([2H])c1cnc(-c2cccc3c2oc2cc(F)ccc23)cc1-c1ccccc1. The van der Waals surface area contributed by atoms with Crippen LogP contribution in [0.2, 0.25) is 0 Å². The summed E-state index contributed by atoms with van der Waals surface area (Å²) in [5, 5.41) is 1.67. The second-order valence-electron chi connectivity index (χ2n) is 6.41. The summed E-state index contributed by atoms with van der Waals surface area (Å²) in [6, 6.07) is 21.3. The van der Waals surface area contributed by atoms with Crippen LogP contribution >= 0.6 is 0 Å². The molecule has 0 saturated heterocycles. The summed E-state index contributed by atoms with van der Waals surface area (Å²) in [5.41, 5.74) is 3.94. The van der Waals surface area contributed by atoms with Crippen molar-refractivity contribution < 1.29 is 12.9 Å². The number of benzene rings is 3. The molecule has 0 spiro atoms. The van der Waals surface area contributed by atoms with Crippen LogP contribution in [0.15, 0.2) is 83.4 Å². The predicted molar refractivity (Wildman–Crippen MR) is 107 cm³/mol. The fourth-order valence-electron chi connectivity index (χ4n) is 3.43. The zero-order valence-corrected chi connectivity index (χ0v) is 14.2. The maximum atomic E-state index is 13.7. The van der Waals surface area contributed by atoms with Crippen molar-refractivity contribution in [3.63, 3.8) is 0 Å². The number of nitrogens with zero attached hydrogens (tertiary/aromatic N) is 1. The number of hydrogen-bond acceptors (Lipinski definition) is 2. The first kappa shape index (κ1) is 12.8. The van der Waals surface area contributed by atoms with E-state index in [0.717, 1.165) is 21.9 Å². The lowest BCUT2D eigenvalue weighted by atomic mass is 9.99. The van der Waals surface area contributed by atoms with Gasteiger partial charge in [-0.2, -0.15) is 0 Å². The molecule has 130 valence electrons. The molecule has 2 nitrogen and oxygen atoms in total. The van der Waals surface area contributed by atoms with E-state index in [-0.39, 0.29) is 11.4 Å². The number of hydrogen-bond donors (Lipinski definition) is 0. The van der Waals surface area contributed by atoms with Crippen LogP contribution in [0, 0.1) is 12.7 Å². The highest BCUT2D eigenvalue weighted by Gasteiger charge is 2.14. The van der Waals surface area contributed by atoms with Crippen LogP contribution < -0.4 is 0 Å². The van der Waals surface area contributed by atoms with Crippen molar-refractivity contribution in [2.75, 3.05) is 0 Å². The number of halogens is 1. The van der Waals surface area contributed by atoms with Gasteiger partial charge >= 0.3 is 0 Å². The highest BCUT2D eigenvalue weighted by atomic mass is 19.1. The van der Waals surface area contributed by atoms with Crippen molar-refractivity contribution in [2.45, 2.75) is 6.85 Å². The molecule has 0 radical (unpaired) electrons. The fourth-order valence-corrected chi connectivity index (χ4v) is 3.43. The number of aromatic nitrogens is 1. The first-order valence-electron chi connectivity index (χ1n) is 10.1. The minimum atomic E-state index is -2.29. The van der Waals surface area contributed by atoms with E-state index in [9.17, 15) is 4.39 Å². The highest BCUT2D eigenvalue weighted by Crippen LogP contribution is 2.36. The fraction of sp³-hybridized carbons (Fsp3) is 0.0417. The lowest BCUT2D eigenvalue weighted by molar-refractivity contribution is 0.618. The third kappa shape index (κ3) is 2.59. The topological polar surface area (TPSA) is 26.0 Å². The molecule has 0 aliphatic heterocycles. The summed E-state index contributed by atoms with van der Waals surface area (Å²) >= 11 is 0. The van der Waals surface area contributed by atoms with Gasteiger partial charge in [-0.1, -0.05) is 42.5 Å². The molecular formula is C24H16FNO. The molecule has 27 heavy (non-hydrogen) atoms. The third-order valence-electron chi connectivity index (χ3n) is 4.73. The third-order valence-corrected chi connectivity index (χ3v) is 4.73. The molecule has 3 aromatic carbocycles. The number of rotatable bonds is 2. The van der Waals surface area contributed by atoms with E-state index >= 15 is 0 Å². The standard InChI is InChI=1S/C24H16FNO/c1-15-14-26-22(13-21(15)16-6-3-2-4-7-16)20-9-5-8-19-18-11-10-17(25)12-23(18)27-24(19)20/h2-14H,1H3/i1D3. The quantitative estimate of drug-likeness (QED) is 0.349. The van der Waals surface area contributed by atoms with Gasteiger partial charge in [0.15, 0.2) is 0 Å². The summed E-state index contributed by atoms with van der Waals surface area (Å²) in [5.74, 6) is -0.366. The molecule has 0 saturated carbocycles. The molecule has 3 heteroatoms. The van der Waals surface area contributed by atoms with Crippen LogP contribution in [0.3, 0.4) is 0 Å². The average molecular weight is 356 g/mol. The first-order valence-corrected chi connectivity index (χ1v) is 8.59. The number of fused-ring (bicyclic) bond motifs is 3. The molecule has 0 N–H and O–H groups in total. The predicted octanol–water partition coefficient (Wildman–Crippen LogP) is 6.76. The van der Waals surface area contributed by atoms with E-state index in [1.165, 1.54) is 18.3 Å². The van der Waals surface area contributed by atoms with Gasteiger partial charge < -0.3 is 4.42 Å². The molecule has 0 aliphatic carbocycles. The summed E-state index contributed by atoms with van der Waals surface area (Å²) in [7, 11) is 0. The molecule has 0 atom stereocenters. The minimum absolute atomic E-state index is 0.191. The van der Waals surface area contributed by atoms with Crippen LogP contribution in [0.5, 0.6) is 0 Å². The lowest BCUT2D eigenvalue weighted by Crippen LogP contribution is -1.90. The van der Waals surface area contributed by atoms with Crippen molar-refractivity contribution in [2.24, 2.45) is 0 Å². The van der Waals surface area contributed by atoms with Gasteiger partial charge in [0.25, 0.3) is 0 Å². The van der Waals surface area contributed by atoms with E-state index in [1.54, 1.807) is 12.1 Å². The zero-order valence-electron chi connectivity index (χ0n) is 17.2. The van der Waals surface area contributed by atoms with Gasteiger partial charge in [-0.3, -0.25) is 4.98 Å². The zero-order chi connectivity index (χ0) is 20.9. The van der Waals surface area contributed by atoms with Crippen LogP contribution in [-0.4, -0.2) is 4.98 Å². The van der Waals surface area contributed by atoms with Crippen LogP contribution in [0.4, 0.5) is 4.39 Å². The van der Waals surface area contributed by atoms with Crippen molar-refractivity contribution in [1.82, 2.24) is 4.98 Å². The average Bonchev–Trinajstić information content (AvgIpc) is 3.11. The Hall–Kier alpha value is -3.46. The van der Waals surface area contributed by atoms with Gasteiger partial charge in [0, 0.05) is 32.7 Å². The minimum Gasteiger partial charge on any atom is -0.455 e. The summed E-state index contributed by atoms with van der Waals surface area (Å²) in [6.07, 6.45) is 1.41. The molecule has 0 fully saturated rings. The molecule has 0 amide bonds. The highest BCUT2D eigenvalue weighted by molar-refractivity contribution is 6.09. The van der Waals surface area contributed by atoms with Gasteiger partial charge in [0.05, 0.1) is 5.69 Å². The second kappa shape index (κ2) is 6.06. The summed E-state index contributed by atoms with van der Waals surface area (Å²) < 4.78 is 43.3. The van der Waals surface area contributed by atoms with Crippen LogP contribution in [0.1, 0.15) is 9.68 Å².